The molecule has 1 atom stereocenters. The maximum absolute atomic E-state index is 12.8. The van der Waals surface area contributed by atoms with Gasteiger partial charge in [0, 0.05) is 5.69 Å². The fraction of sp³-hybridized carbons (Fsp3) is 0.160. The number of nitrogens with one attached hydrogen (secondary N) is 1. The van der Waals surface area contributed by atoms with E-state index < -0.39 is 5.25 Å². The number of nitrogens with zero attached hydrogens (tertiary/aromatic N) is 3. The Morgan fingerprint density at radius 3 is 2.52 bits per heavy atom. The molecule has 0 aliphatic carbocycles. The van der Waals surface area contributed by atoms with Crippen LogP contribution < -0.4 is 14.8 Å². The molecule has 0 saturated heterocycles. The Kier molecular flexibility index (Phi) is 7.26. The highest BCUT2D eigenvalue weighted by Crippen LogP contribution is 2.29. The quantitative estimate of drug-likeness (QED) is 0.355. The van der Waals surface area contributed by atoms with Crippen molar-refractivity contribution in [2.75, 3.05) is 12.4 Å². The van der Waals surface area contributed by atoms with Gasteiger partial charge in [-0.2, -0.15) is 0 Å². The topological polar surface area (TPSA) is 78.3 Å². The summed E-state index contributed by atoms with van der Waals surface area (Å²) < 4.78 is 13.0. The Hall–Kier alpha value is -3.78. The van der Waals surface area contributed by atoms with Crippen LogP contribution in [0.15, 0.2) is 90.3 Å². The lowest BCUT2D eigenvalue weighted by molar-refractivity contribution is -0.115. The molecular formula is C25H24N4O3S. The molecule has 0 fully saturated rings. The highest BCUT2D eigenvalue weighted by atomic mass is 32.2. The van der Waals surface area contributed by atoms with Gasteiger partial charge in [0.2, 0.25) is 5.91 Å². The van der Waals surface area contributed by atoms with Crippen molar-refractivity contribution in [3.63, 3.8) is 0 Å². The fourth-order valence-corrected chi connectivity index (χ4v) is 3.97. The third-order valence-electron chi connectivity index (χ3n) is 4.88. The van der Waals surface area contributed by atoms with Gasteiger partial charge in [0.05, 0.1) is 18.0 Å². The zero-order chi connectivity index (χ0) is 23.0. The predicted molar refractivity (Wildman–Crippen MR) is 129 cm³/mol. The number of carbonyl (C=O) groups excluding carboxylic acids is 1. The molecule has 1 amide bonds. The minimum atomic E-state index is -0.392. The van der Waals surface area contributed by atoms with Crippen molar-refractivity contribution in [1.29, 1.82) is 0 Å². The number of anilines is 1. The summed E-state index contributed by atoms with van der Waals surface area (Å²) in [5.41, 5.74) is 2.61. The van der Waals surface area contributed by atoms with Gasteiger partial charge >= 0.3 is 0 Å². The van der Waals surface area contributed by atoms with Crippen LogP contribution in [0, 0.1) is 0 Å². The van der Waals surface area contributed by atoms with Crippen molar-refractivity contribution in [3.8, 4) is 17.2 Å². The number of hydrogen-bond acceptors (Lipinski definition) is 6. The SMILES string of the molecule is COc1ccccc1-n1cnnc1S[C@@H](C)C(=O)Nc1ccc(OCc2ccccc2)cc1. The molecule has 168 valence electrons. The van der Waals surface area contributed by atoms with Crippen LogP contribution in [-0.4, -0.2) is 33.0 Å². The second kappa shape index (κ2) is 10.7. The van der Waals surface area contributed by atoms with Crippen molar-refractivity contribution in [2.45, 2.75) is 23.9 Å². The maximum Gasteiger partial charge on any atom is 0.237 e. The van der Waals surface area contributed by atoms with Gasteiger partial charge in [0.1, 0.15) is 24.4 Å². The highest BCUT2D eigenvalue weighted by Gasteiger charge is 2.19. The van der Waals surface area contributed by atoms with Gasteiger partial charge in [0.25, 0.3) is 0 Å². The lowest BCUT2D eigenvalue weighted by Crippen LogP contribution is -2.22. The van der Waals surface area contributed by atoms with Crippen molar-refractivity contribution in [3.05, 3.63) is 90.8 Å². The number of hydrogen-bond donors (Lipinski definition) is 1. The predicted octanol–water partition coefficient (Wildman–Crippen LogP) is 4.97. The smallest absolute Gasteiger partial charge is 0.237 e. The van der Waals surface area contributed by atoms with E-state index >= 15 is 0 Å². The Morgan fingerprint density at radius 1 is 1.03 bits per heavy atom. The Balaban J connectivity index is 1.35. The molecule has 1 heterocycles. The minimum Gasteiger partial charge on any atom is -0.495 e. The number of ether oxygens (including phenoxy) is 2. The van der Waals surface area contributed by atoms with Crippen LogP contribution in [0.5, 0.6) is 11.5 Å². The number of methoxy groups -OCH3 is 1. The Labute approximate surface area is 196 Å². The number of para-hydroxylation sites is 2. The average molecular weight is 461 g/mol. The van der Waals surface area contributed by atoms with Crippen LogP contribution in [0.1, 0.15) is 12.5 Å². The number of thioether (sulfide) groups is 1. The lowest BCUT2D eigenvalue weighted by atomic mass is 10.2. The molecule has 4 rings (SSSR count). The molecular weight excluding hydrogens is 436 g/mol. The number of carbonyl (C=O) groups is 1. The molecule has 4 aromatic rings. The van der Waals surface area contributed by atoms with E-state index in [2.05, 4.69) is 15.5 Å². The zero-order valence-electron chi connectivity index (χ0n) is 18.3. The summed E-state index contributed by atoms with van der Waals surface area (Å²) >= 11 is 1.32. The van der Waals surface area contributed by atoms with E-state index in [-0.39, 0.29) is 5.91 Å². The molecule has 33 heavy (non-hydrogen) atoms. The number of benzene rings is 3. The van der Waals surface area contributed by atoms with E-state index in [9.17, 15) is 4.79 Å². The van der Waals surface area contributed by atoms with Gasteiger partial charge in [-0.3, -0.25) is 9.36 Å². The van der Waals surface area contributed by atoms with Gasteiger partial charge in [-0.05, 0) is 48.9 Å². The first-order valence-corrected chi connectivity index (χ1v) is 11.3. The van der Waals surface area contributed by atoms with E-state index in [0.29, 0.717) is 23.2 Å². The summed E-state index contributed by atoms with van der Waals surface area (Å²) in [6, 6.07) is 24.9. The molecule has 0 aliphatic heterocycles. The van der Waals surface area contributed by atoms with Crippen molar-refractivity contribution in [2.24, 2.45) is 0 Å². The van der Waals surface area contributed by atoms with E-state index in [1.807, 2.05) is 90.4 Å². The number of aromatic nitrogens is 3. The van der Waals surface area contributed by atoms with Gasteiger partial charge < -0.3 is 14.8 Å². The second-order valence-electron chi connectivity index (χ2n) is 7.20. The summed E-state index contributed by atoms with van der Waals surface area (Å²) in [5.74, 6) is 1.31. The summed E-state index contributed by atoms with van der Waals surface area (Å²) in [6.45, 7) is 2.33. The number of rotatable bonds is 9. The largest absolute Gasteiger partial charge is 0.495 e. The Bertz CT molecular complexity index is 1200. The lowest BCUT2D eigenvalue weighted by Gasteiger charge is -2.14. The zero-order valence-corrected chi connectivity index (χ0v) is 19.2. The number of amides is 1. The van der Waals surface area contributed by atoms with Gasteiger partial charge in [-0.1, -0.05) is 54.2 Å². The second-order valence-corrected chi connectivity index (χ2v) is 8.51. The first-order chi connectivity index (χ1) is 16.1. The molecule has 0 aliphatic rings. The third kappa shape index (κ3) is 5.72. The van der Waals surface area contributed by atoms with Crippen LogP contribution >= 0.6 is 11.8 Å². The van der Waals surface area contributed by atoms with E-state index in [0.717, 1.165) is 17.0 Å². The Morgan fingerprint density at radius 2 is 1.76 bits per heavy atom. The fourth-order valence-electron chi connectivity index (χ4n) is 3.13. The minimum absolute atomic E-state index is 0.132. The van der Waals surface area contributed by atoms with Crippen molar-refractivity contribution < 1.29 is 14.3 Å². The van der Waals surface area contributed by atoms with E-state index in [1.165, 1.54) is 11.8 Å². The average Bonchev–Trinajstić information content (AvgIpc) is 3.32. The highest BCUT2D eigenvalue weighted by molar-refractivity contribution is 8.00. The molecule has 0 spiro atoms. The maximum atomic E-state index is 12.8. The summed E-state index contributed by atoms with van der Waals surface area (Å²) in [7, 11) is 1.62. The van der Waals surface area contributed by atoms with Crippen LogP contribution in [0.2, 0.25) is 0 Å². The normalized spacial score (nSPS) is 11.6. The van der Waals surface area contributed by atoms with Crippen LogP contribution in [0.25, 0.3) is 5.69 Å². The molecule has 0 bridgehead atoms. The van der Waals surface area contributed by atoms with Gasteiger partial charge in [-0.15, -0.1) is 10.2 Å². The summed E-state index contributed by atoms with van der Waals surface area (Å²) in [6.07, 6.45) is 1.61. The van der Waals surface area contributed by atoms with Gasteiger partial charge in [-0.25, -0.2) is 0 Å². The van der Waals surface area contributed by atoms with Crippen LogP contribution in [0.4, 0.5) is 5.69 Å². The molecule has 1 aromatic heterocycles. The summed E-state index contributed by atoms with van der Waals surface area (Å²) in [4.78, 5) is 12.8. The van der Waals surface area contributed by atoms with Crippen LogP contribution in [-0.2, 0) is 11.4 Å². The summed E-state index contributed by atoms with van der Waals surface area (Å²) in [5, 5.41) is 11.3. The molecule has 0 saturated carbocycles. The van der Waals surface area contributed by atoms with Crippen molar-refractivity contribution >= 4 is 23.4 Å². The molecule has 0 unspecified atom stereocenters. The molecule has 0 radical (unpaired) electrons. The third-order valence-corrected chi connectivity index (χ3v) is 5.94. The standard InChI is InChI=1S/C25H24N4O3S/c1-18(33-25-28-26-17-29(25)22-10-6-7-11-23(22)31-2)24(30)27-20-12-14-21(15-13-20)32-16-19-8-4-3-5-9-19/h3-15,17-18H,16H2,1-2H3,(H,27,30)/t18-/m0/s1. The molecule has 8 heteroatoms. The monoisotopic (exact) mass is 460 g/mol. The molecule has 7 nitrogen and oxygen atoms in total. The van der Waals surface area contributed by atoms with Crippen molar-refractivity contribution in [1.82, 2.24) is 14.8 Å². The molecule has 3 aromatic carbocycles. The van der Waals surface area contributed by atoms with E-state index in [1.54, 1.807) is 13.4 Å². The first kappa shape index (κ1) is 22.4. The molecule has 1 N–H and O–H groups in total. The van der Waals surface area contributed by atoms with E-state index in [4.69, 9.17) is 9.47 Å². The first-order valence-electron chi connectivity index (χ1n) is 10.4. The van der Waals surface area contributed by atoms with Gasteiger partial charge in [0.15, 0.2) is 5.16 Å². The van der Waals surface area contributed by atoms with Crippen LogP contribution in [0.3, 0.4) is 0 Å².